The van der Waals surface area contributed by atoms with Crippen LogP contribution in [0, 0.1) is 5.41 Å². The van der Waals surface area contributed by atoms with E-state index < -0.39 is 0 Å². The monoisotopic (exact) mass is 173 g/mol. The van der Waals surface area contributed by atoms with Crippen LogP contribution >= 0.6 is 11.6 Å². The Morgan fingerprint density at radius 1 is 1.64 bits per heavy atom. The predicted octanol–water partition coefficient (Wildman–Crippen LogP) is 2.52. The highest BCUT2D eigenvalue weighted by Crippen LogP contribution is 2.43. The van der Waals surface area contributed by atoms with E-state index in [0.29, 0.717) is 5.41 Å². The minimum absolute atomic E-state index is 0.604. The molecule has 0 aromatic heterocycles. The fourth-order valence-corrected chi connectivity index (χ4v) is 1.07. The first kappa shape index (κ1) is 9.08. The summed E-state index contributed by atoms with van der Waals surface area (Å²) in [7, 11) is 0. The summed E-state index contributed by atoms with van der Waals surface area (Å²) >= 11 is 5.52. The topological polar surface area (TPSA) is 12.0 Å². The van der Waals surface area contributed by atoms with Gasteiger partial charge in [-0.1, -0.05) is 18.5 Å². The van der Waals surface area contributed by atoms with Gasteiger partial charge in [-0.25, -0.2) is 0 Å². The van der Waals surface area contributed by atoms with Crippen LogP contribution in [-0.2, 0) is 0 Å². The molecule has 0 spiro atoms. The van der Waals surface area contributed by atoms with Crippen LogP contribution in [0.5, 0.6) is 0 Å². The van der Waals surface area contributed by atoms with Crippen molar-refractivity contribution in [1.82, 2.24) is 5.32 Å². The molecule has 0 radical (unpaired) electrons. The molecular weight excluding hydrogens is 158 g/mol. The molecule has 0 heterocycles. The van der Waals surface area contributed by atoms with Crippen LogP contribution in [0.3, 0.4) is 0 Å². The third-order valence-electron chi connectivity index (χ3n) is 2.25. The van der Waals surface area contributed by atoms with Crippen molar-refractivity contribution in [3.63, 3.8) is 0 Å². The number of rotatable bonds is 4. The van der Waals surface area contributed by atoms with Crippen LogP contribution in [0.15, 0.2) is 11.1 Å². The van der Waals surface area contributed by atoms with E-state index in [1.165, 1.54) is 18.4 Å². The van der Waals surface area contributed by atoms with Crippen molar-refractivity contribution >= 4 is 11.6 Å². The molecule has 2 heteroatoms. The van der Waals surface area contributed by atoms with Gasteiger partial charge in [0.25, 0.3) is 0 Å². The molecule has 1 N–H and O–H groups in total. The van der Waals surface area contributed by atoms with E-state index in [9.17, 15) is 0 Å². The van der Waals surface area contributed by atoms with Gasteiger partial charge in [-0.05, 0) is 30.8 Å². The highest BCUT2D eigenvalue weighted by molar-refractivity contribution is 6.25. The van der Waals surface area contributed by atoms with Gasteiger partial charge in [-0.15, -0.1) is 0 Å². The molecule has 1 nitrogen and oxygen atoms in total. The van der Waals surface area contributed by atoms with Gasteiger partial charge < -0.3 is 5.32 Å². The summed E-state index contributed by atoms with van der Waals surface area (Å²) < 4.78 is 0. The molecule has 0 aromatic carbocycles. The van der Waals surface area contributed by atoms with Crippen molar-refractivity contribution in [2.45, 2.75) is 26.7 Å². The second-order valence-corrected chi connectivity index (χ2v) is 4.09. The molecule has 1 aliphatic carbocycles. The first-order valence-corrected chi connectivity index (χ1v) is 4.56. The van der Waals surface area contributed by atoms with E-state index in [4.69, 9.17) is 11.6 Å². The lowest BCUT2D eigenvalue weighted by Crippen LogP contribution is -2.23. The van der Waals surface area contributed by atoms with Gasteiger partial charge in [0.2, 0.25) is 0 Å². The lowest BCUT2D eigenvalue weighted by molar-refractivity contribution is 0.514. The summed E-state index contributed by atoms with van der Waals surface area (Å²) in [4.78, 5) is 0. The highest BCUT2D eigenvalue weighted by Gasteiger charge is 2.36. The minimum atomic E-state index is 0.604. The molecule has 0 unspecified atom stereocenters. The van der Waals surface area contributed by atoms with E-state index in [1.54, 1.807) is 5.54 Å². The van der Waals surface area contributed by atoms with Gasteiger partial charge in [0, 0.05) is 18.6 Å². The predicted molar refractivity (Wildman–Crippen MR) is 49.8 cm³/mol. The molecule has 1 rings (SSSR count). The van der Waals surface area contributed by atoms with Crippen LogP contribution in [0.1, 0.15) is 26.7 Å². The largest absolute Gasteiger partial charge is 0.312 e. The molecule has 11 heavy (non-hydrogen) atoms. The number of nitrogens with one attached hydrogen (secondary N) is 1. The molecule has 0 aromatic rings. The molecule has 0 saturated heterocycles. The summed E-state index contributed by atoms with van der Waals surface area (Å²) in [6.07, 6.45) is 2.76. The maximum absolute atomic E-state index is 5.52. The molecule has 1 fully saturated rings. The van der Waals surface area contributed by atoms with Crippen molar-refractivity contribution in [2.75, 3.05) is 13.1 Å². The Bertz CT molecular complexity index is 159. The van der Waals surface area contributed by atoms with Gasteiger partial charge in [0.05, 0.1) is 0 Å². The van der Waals surface area contributed by atoms with Crippen molar-refractivity contribution < 1.29 is 0 Å². The maximum atomic E-state index is 5.52. The maximum Gasteiger partial charge on any atom is 0.0173 e. The summed E-state index contributed by atoms with van der Waals surface area (Å²) in [6, 6.07) is 0. The SMILES string of the molecule is CC(=CCl)CNCC1(C)CC1. The Labute approximate surface area is 73.8 Å². The summed E-state index contributed by atoms with van der Waals surface area (Å²) in [5.41, 5.74) is 3.45. The molecule has 0 amide bonds. The van der Waals surface area contributed by atoms with Gasteiger partial charge in [-0.3, -0.25) is 0 Å². The summed E-state index contributed by atoms with van der Waals surface area (Å²) in [5.74, 6) is 0. The van der Waals surface area contributed by atoms with Crippen molar-refractivity contribution in [2.24, 2.45) is 5.41 Å². The molecule has 0 bridgehead atoms. The third kappa shape index (κ3) is 3.26. The van der Waals surface area contributed by atoms with Crippen LogP contribution in [0.2, 0.25) is 0 Å². The van der Waals surface area contributed by atoms with Gasteiger partial charge in [0.1, 0.15) is 0 Å². The average Bonchev–Trinajstić information content (AvgIpc) is 2.68. The van der Waals surface area contributed by atoms with E-state index in [0.717, 1.165) is 13.1 Å². The van der Waals surface area contributed by atoms with E-state index >= 15 is 0 Å². The van der Waals surface area contributed by atoms with Crippen molar-refractivity contribution in [3.8, 4) is 0 Å². The number of hydrogen-bond acceptors (Lipinski definition) is 1. The van der Waals surface area contributed by atoms with E-state index in [2.05, 4.69) is 12.2 Å². The Morgan fingerprint density at radius 2 is 2.27 bits per heavy atom. The molecule has 0 atom stereocenters. The Kier molecular flexibility index (Phi) is 2.97. The summed E-state index contributed by atoms with van der Waals surface area (Å²) in [5, 5.41) is 3.39. The highest BCUT2D eigenvalue weighted by atomic mass is 35.5. The lowest BCUT2D eigenvalue weighted by atomic mass is 10.1. The second kappa shape index (κ2) is 3.59. The van der Waals surface area contributed by atoms with Gasteiger partial charge in [-0.2, -0.15) is 0 Å². The molecular formula is C9H16ClN. The molecule has 0 aliphatic heterocycles. The van der Waals surface area contributed by atoms with Gasteiger partial charge >= 0.3 is 0 Å². The smallest absolute Gasteiger partial charge is 0.0173 e. The fraction of sp³-hybridized carbons (Fsp3) is 0.778. The van der Waals surface area contributed by atoms with Gasteiger partial charge in [0.15, 0.2) is 0 Å². The standard InChI is InChI=1S/C9H16ClN/c1-8(5-10)6-11-7-9(2)3-4-9/h5,11H,3-4,6-7H2,1-2H3. The zero-order chi connectivity index (χ0) is 8.32. The average molecular weight is 174 g/mol. The second-order valence-electron chi connectivity index (χ2n) is 3.87. The lowest BCUT2D eigenvalue weighted by Gasteiger charge is -2.09. The minimum Gasteiger partial charge on any atom is -0.312 e. The van der Waals surface area contributed by atoms with E-state index in [-0.39, 0.29) is 0 Å². The molecule has 64 valence electrons. The van der Waals surface area contributed by atoms with Crippen molar-refractivity contribution in [1.29, 1.82) is 0 Å². The van der Waals surface area contributed by atoms with Crippen LogP contribution in [0.4, 0.5) is 0 Å². The Hall–Kier alpha value is -0.0100. The third-order valence-corrected chi connectivity index (χ3v) is 2.62. The van der Waals surface area contributed by atoms with Crippen LogP contribution < -0.4 is 5.32 Å². The fourth-order valence-electron chi connectivity index (χ4n) is 0.990. The Morgan fingerprint density at radius 3 is 2.73 bits per heavy atom. The quantitative estimate of drug-likeness (QED) is 0.689. The zero-order valence-corrected chi connectivity index (χ0v) is 8.04. The summed E-state index contributed by atoms with van der Waals surface area (Å²) in [6.45, 7) is 6.42. The van der Waals surface area contributed by atoms with Crippen molar-refractivity contribution in [3.05, 3.63) is 11.1 Å². The van der Waals surface area contributed by atoms with Crippen LogP contribution in [0.25, 0.3) is 0 Å². The number of halogens is 1. The molecule has 1 saturated carbocycles. The Balaban J connectivity index is 2.05. The first-order valence-electron chi connectivity index (χ1n) is 4.13. The zero-order valence-electron chi connectivity index (χ0n) is 7.28. The van der Waals surface area contributed by atoms with E-state index in [1.807, 2.05) is 6.92 Å². The number of hydrogen-bond donors (Lipinski definition) is 1. The van der Waals surface area contributed by atoms with Crippen LogP contribution in [-0.4, -0.2) is 13.1 Å². The molecule has 1 aliphatic rings. The normalized spacial score (nSPS) is 21.9. The first-order chi connectivity index (χ1) is 5.16.